The van der Waals surface area contributed by atoms with Crippen LogP contribution in [0.4, 0.5) is 0 Å². The Balaban J connectivity index is 0.000000257. The van der Waals surface area contributed by atoms with E-state index in [0.717, 1.165) is 25.2 Å². The van der Waals surface area contributed by atoms with E-state index in [2.05, 4.69) is 25.7 Å². The lowest BCUT2D eigenvalue weighted by Crippen LogP contribution is -2.53. The molecule has 8 heteroatoms. The van der Waals surface area contributed by atoms with Gasteiger partial charge in [0.05, 0.1) is 18.8 Å². The molecule has 2 heterocycles. The third kappa shape index (κ3) is 9.73. The number of rotatable bonds is 4. The predicted octanol–water partition coefficient (Wildman–Crippen LogP) is 6.12. The molecular formula is C33H48ClNO6. The van der Waals surface area contributed by atoms with E-state index in [1.54, 1.807) is 48.5 Å². The molecule has 3 aliphatic rings. The Hall–Kier alpha value is -2.61. The summed E-state index contributed by atoms with van der Waals surface area (Å²) in [6, 6.07) is 18.1. The number of fused-ring (bicyclic) bond motifs is 2. The third-order valence-corrected chi connectivity index (χ3v) is 8.70. The summed E-state index contributed by atoms with van der Waals surface area (Å²) in [5.41, 5.74) is 0.511. The number of methoxy groups -OCH3 is 1. The summed E-state index contributed by atoms with van der Waals surface area (Å²) in [6.45, 7) is 6.66. The van der Waals surface area contributed by atoms with Gasteiger partial charge in [-0.25, -0.2) is 4.79 Å². The number of aromatic hydroxyl groups is 1. The topological polar surface area (TPSA) is 96.3 Å². The molecule has 0 radical (unpaired) electrons. The van der Waals surface area contributed by atoms with Crippen LogP contribution in [0.25, 0.3) is 0 Å². The second-order valence-electron chi connectivity index (χ2n) is 11.8. The highest BCUT2D eigenvalue weighted by atomic mass is 35.5. The summed E-state index contributed by atoms with van der Waals surface area (Å²) in [7, 11) is 3.42. The minimum absolute atomic E-state index is 0. The highest BCUT2D eigenvalue weighted by molar-refractivity contribution is 5.89. The molecule has 2 saturated heterocycles. The highest BCUT2D eigenvalue weighted by Gasteiger charge is 2.51. The number of phenols is 1. The SMILES string of the molecule is CC1CCC(C(C)C)C(O)C1.COC(=O)C1C(OC(=O)c2ccccc2)CC2CCC1N2C.Cl.Oc1ccccc1. The Morgan fingerprint density at radius 2 is 1.54 bits per heavy atom. The summed E-state index contributed by atoms with van der Waals surface area (Å²) in [6.07, 6.45) is 5.77. The van der Waals surface area contributed by atoms with Crippen molar-refractivity contribution in [2.45, 2.75) is 83.6 Å². The molecule has 2 aliphatic heterocycles. The summed E-state index contributed by atoms with van der Waals surface area (Å²) in [4.78, 5) is 26.7. The quantitative estimate of drug-likeness (QED) is 0.415. The number of hydrogen-bond acceptors (Lipinski definition) is 7. The number of piperidine rings is 1. The molecule has 7 nitrogen and oxygen atoms in total. The van der Waals surface area contributed by atoms with Crippen molar-refractivity contribution in [2.24, 2.45) is 23.7 Å². The third-order valence-electron chi connectivity index (χ3n) is 8.70. The van der Waals surface area contributed by atoms with Crippen molar-refractivity contribution in [3.8, 4) is 5.75 Å². The van der Waals surface area contributed by atoms with Gasteiger partial charge in [-0.1, -0.05) is 63.6 Å². The lowest BCUT2D eigenvalue weighted by Gasteiger charge is -2.40. The lowest BCUT2D eigenvalue weighted by molar-refractivity contribution is -0.156. The van der Waals surface area contributed by atoms with Gasteiger partial charge >= 0.3 is 11.9 Å². The van der Waals surface area contributed by atoms with Crippen LogP contribution in [0.1, 0.15) is 69.7 Å². The van der Waals surface area contributed by atoms with Gasteiger partial charge in [-0.15, -0.1) is 12.4 Å². The maximum Gasteiger partial charge on any atom is 0.338 e. The lowest BCUT2D eigenvalue weighted by atomic mass is 9.75. The molecule has 7 unspecified atom stereocenters. The molecule has 1 aliphatic carbocycles. The van der Waals surface area contributed by atoms with E-state index in [1.165, 1.54) is 20.0 Å². The summed E-state index contributed by atoms with van der Waals surface area (Å²) in [5.74, 6) is 1.21. The number of esters is 2. The number of carbonyl (C=O) groups is 2. The minimum atomic E-state index is -0.408. The molecule has 0 spiro atoms. The fraction of sp³-hybridized carbons (Fsp3) is 0.576. The molecule has 41 heavy (non-hydrogen) atoms. The summed E-state index contributed by atoms with van der Waals surface area (Å²) < 4.78 is 10.6. The molecule has 0 amide bonds. The normalized spacial score (nSPS) is 28.6. The molecule has 3 fully saturated rings. The van der Waals surface area contributed by atoms with E-state index in [9.17, 15) is 14.7 Å². The number of benzene rings is 2. The zero-order valence-corrected chi connectivity index (χ0v) is 25.8. The van der Waals surface area contributed by atoms with E-state index >= 15 is 0 Å². The van der Waals surface area contributed by atoms with Gasteiger partial charge < -0.3 is 19.7 Å². The smallest absolute Gasteiger partial charge is 0.338 e. The van der Waals surface area contributed by atoms with Gasteiger partial charge in [0, 0.05) is 18.5 Å². The first-order valence-electron chi connectivity index (χ1n) is 14.6. The first-order valence-corrected chi connectivity index (χ1v) is 14.6. The molecule has 2 N–H and O–H groups in total. The van der Waals surface area contributed by atoms with Crippen molar-refractivity contribution in [1.29, 1.82) is 0 Å². The molecule has 0 aromatic heterocycles. The van der Waals surface area contributed by atoms with Crippen LogP contribution in [0.3, 0.4) is 0 Å². The average Bonchev–Trinajstić information content (AvgIpc) is 3.17. The molecule has 7 atom stereocenters. The van der Waals surface area contributed by atoms with Crippen molar-refractivity contribution in [3.63, 3.8) is 0 Å². The second-order valence-corrected chi connectivity index (χ2v) is 11.8. The molecule has 2 bridgehead atoms. The molecule has 2 aromatic rings. The summed E-state index contributed by atoms with van der Waals surface area (Å²) >= 11 is 0. The number of hydrogen-bond donors (Lipinski definition) is 2. The number of halogens is 1. The number of aliphatic hydroxyl groups excluding tert-OH is 1. The summed E-state index contributed by atoms with van der Waals surface area (Å²) in [5, 5.41) is 18.3. The fourth-order valence-corrected chi connectivity index (χ4v) is 6.35. The highest BCUT2D eigenvalue weighted by Crippen LogP contribution is 2.40. The molecule has 5 rings (SSSR count). The van der Waals surface area contributed by atoms with Crippen LogP contribution in [-0.2, 0) is 14.3 Å². The van der Waals surface area contributed by atoms with E-state index in [-0.39, 0.29) is 36.5 Å². The number of para-hydroxylation sites is 1. The van der Waals surface area contributed by atoms with E-state index in [1.807, 2.05) is 19.2 Å². The van der Waals surface area contributed by atoms with Gasteiger partial charge in [-0.05, 0) is 74.8 Å². The average molecular weight is 590 g/mol. The Morgan fingerprint density at radius 1 is 0.927 bits per heavy atom. The van der Waals surface area contributed by atoms with Crippen LogP contribution in [0.5, 0.6) is 5.75 Å². The van der Waals surface area contributed by atoms with E-state index in [4.69, 9.17) is 14.6 Å². The van der Waals surface area contributed by atoms with Gasteiger partial charge in [0.25, 0.3) is 0 Å². The van der Waals surface area contributed by atoms with Crippen molar-refractivity contribution >= 4 is 24.3 Å². The monoisotopic (exact) mass is 589 g/mol. The fourth-order valence-electron chi connectivity index (χ4n) is 6.35. The van der Waals surface area contributed by atoms with Crippen molar-refractivity contribution < 1.29 is 29.3 Å². The van der Waals surface area contributed by atoms with Gasteiger partial charge in [-0.2, -0.15) is 0 Å². The largest absolute Gasteiger partial charge is 0.508 e. The van der Waals surface area contributed by atoms with Gasteiger partial charge in [0.2, 0.25) is 0 Å². The Bertz CT molecular complexity index is 1050. The Morgan fingerprint density at radius 3 is 2.05 bits per heavy atom. The van der Waals surface area contributed by atoms with E-state index < -0.39 is 12.0 Å². The number of ether oxygens (including phenoxy) is 2. The maximum atomic E-state index is 12.3. The first-order chi connectivity index (χ1) is 19.1. The number of carbonyl (C=O) groups excluding carboxylic acids is 2. The Labute approximate surface area is 251 Å². The van der Waals surface area contributed by atoms with Crippen LogP contribution in [0.2, 0.25) is 0 Å². The van der Waals surface area contributed by atoms with Crippen molar-refractivity contribution in [2.75, 3.05) is 14.2 Å². The molecular weight excluding hydrogens is 542 g/mol. The van der Waals surface area contributed by atoms with Crippen molar-refractivity contribution in [3.05, 3.63) is 66.2 Å². The van der Waals surface area contributed by atoms with Crippen LogP contribution in [-0.4, -0.2) is 65.5 Å². The minimum Gasteiger partial charge on any atom is -0.508 e. The number of aliphatic hydroxyl groups is 1. The molecule has 2 aromatic carbocycles. The first kappa shape index (κ1) is 34.6. The zero-order chi connectivity index (χ0) is 29.2. The van der Waals surface area contributed by atoms with Crippen molar-refractivity contribution in [1.82, 2.24) is 4.90 Å². The standard InChI is InChI=1S/C17H21NO4.C10H20O.C6H6O.ClH/c1-18-12-8-9-13(18)15(17(20)21-2)14(10-12)22-16(19)11-6-4-3-5-7-11;1-7(2)9-5-4-8(3)6-10(9)11;7-6-4-2-1-3-5-6;/h3-7,12-15H,8-10H2,1-2H3;7-11H,4-6H2,1-3H3;1-5,7H;1H. The van der Waals surface area contributed by atoms with Crippen LogP contribution in [0, 0.1) is 23.7 Å². The Kier molecular flexibility index (Phi) is 14.1. The predicted molar refractivity (Wildman–Crippen MR) is 163 cm³/mol. The van der Waals surface area contributed by atoms with Crippen LogP contribution in [0.15, 0.2) is 60.7 Å². The van der Waals surface area contributed by atoms with Gasteiger partial charge in [0.1, 0.15) is 17.8 Å². The van der Waals surface area contributed by atoms with Crippen LogP contribution >= 0.6 is 12.4 Å². The zero-order valence-electron chi connectivity index (χ0n) is 25.0. The van der Waals surface area contributed by atoms with Gasteiger partial charge in [-0.3, -0.25) is 9.69 Å². The molecule has 228 valence electrons. The molecule has 1 saturated carbocycles. The van der Waals surface area contributed by atoms with Gasteiger partial charge in [0.15, 0.2) is 0 Å². The van der Waals surface area contributed by atoms with Crippen LogP contribution < -0.4 is 0 Å². The maximum absolute atomic E-state index is 12.3. The second kappa shape index (κ2) is 16.7. The number of nitrogens with zero attached hydrogens (tertiary/aromatic N) is 1. The number of phenolic OH excluding ortho intramolecular Hbond substituents is 1. The van der Waals surface area contributed by atoms with E-state index in [0.29, 0.717) is 35.6 Å².